The molecule has 1 spiro atoms. The van der Waals surface area contributed by atoms with E-state index in [4.69, 9.17) is 35.0 Å². The molecule has 2 heterocycles. The molecule has 0 radical (unpaired) electrons. The van der Waals surface area contributed by atoms with Crippen molar-refractivity contribution in [2.45, 2.75) is 38.3 Å². The molecule has 10 heteroatoms. The third kappa shape index (κ3) is 4.82. The number of hydrogen-bond donors (Lipinski definition) is 1. The Labute approximate surface area is 265 Å². The van der Waals surface area contributed by atoms with E-state index in [1.54, 1.807) is 38.3 Å². The van der Waals surface area contributed by atoms with Gasteiger partial charge in [0, 0.05) is 29.5 Å². The van der Waals surface area contributed by atoms with Crippen molar-refractivity contribution in [3.8, 4) is 34.3 Å². The molecule has 45 heavy (non-hydrogen) atoms. The molecule has 4 aromatic rings. The molecule has 232 valence electrons. The molecule has 0 fully saturated rings. The van der Waals surface area contributed by atoms with Crippen molar-refractivity contribution < 1.29 is 37.7 Å². The lowest BCUT2D eigenvalue weighted by Gasteiger charge is -2.35. The Kier molecular flexibility index (Phi) is 7.82. The monoisotopic (exact) mass is 629 g/mol. The Hall–Kier alpha value is -4.76. The number of ether oxygens (including phenoxy) is 4. The van der Waals surface area contributed by atoms with Crippen molar-refractivity contribution in [3.05, 3.63) is 93.7 Å². The number of benzene rings is 3. The lowest BCUT2D eigenvalue weighted by molar-refractivity contribution is -0.121. The fourth-order valence-corrected chi connectivity index (χ4v) is 6.52. The summed E-state index contributed by atoms with van der Waals surface area (Å²) in [7, 11) is 4.41. The van der Waals surface area contributed by atoms with E-state index in [1.165, 1.54) is 20.3 Å². The summed E-state index contributed by atoms with van der Waals surface area (Å²) in [5.41, 5.74) is 0.235. The van der Waals surface area contributed by atoms with Crippen LogP contribution in [-0.2, 0) is 17.6 Å². The molecular weight excluding hydrogens is 598 g/mol. The maximum absolute atomic E-state index is 14.7. The van der Waals surface area contributed by atoms with Gasteiger partial charge in [-0.25, -0.2) is 0 Å². The van der Waals surface area contributed by atoms with Crippen molar-refractivity contribution >= 4 is 29.1 Å². The molecule has 0 bridgehead atoms. The van der Waals surface area contributed by atoms with Gasteiger partial charge in [-0.05, 0) is 36.8 Å². The van der Waals surface area contributed by atoms with Crippen LogP contribution in [-0.4, -0.2) is 44.4 Å². The third-order valence-electron chi connectivity index (χ3n) is 8.62. The van der Waals surface area contributed by atoms with Gasteiger partial charge in [0.15, 0.2) is 5.75 Å². The molecule has 3 unspecified atom stereocenters. The zero-order valence-corrected chi connectivity index (χ0v) is 26.2. The number of carbonyl (C=O) groups excluding carboxylic acids is 3. The number of furan rings is 1. The second-order valence-corrected chi connectivity index (χ2v) is 11.6. The first-order chi connectivity index (χ1) is 21.6. The standard InChI is InChI=1S/C35H32ClNO8/c1-18-15-25-28(33(39)35(18)34(40)29-24(42-4)17-26(43-5)30(36)32(29)45-35)23(31(44-25)21-11-13-22(41-3)14-12-21)16-27(38)37-19(2)20-9-7-6-8-10-20/h6-14,17-19H,15-16H2,1-5H3,(H,37,38). The zero-order chi connectivity index (χ0) is 32.0. The number of rotatable bonds is 8. The largest absolute Gasteiger partial charge is 0.497 e. The summed E-state index contributed by atoms with van der Waals surface area (Å²) in [4.78, 5) is 42.5. The van der Waals surface area contributed by atoms with Crippen molar-refractivity contribution in [2.24, 2.45) is 5.92 Å². The van der Waals surface area contributed by atoms with Gasteiger partial charge in [-0.1, -0.05) is 48.9 Å². The van der Waals surface area contributed by atoms with Crippen molar-refractivity contribution in [3.63, 3.8) is 0 Å². The zero-order valence-electron chi connectivity index (χ0n) is 25.5. The first-order valence-corrected chi connectivity index (χ1v) is 14.9. The highest BCUT2D eigenvalue weighted by Gasteiger charge is 2.63. The molecule has 2 aliphatic rings. The summed E-state index contributed by atoms with van der Waals surface area (Å²) in [5, 5.41) is 3.08. The molecule has 1 aliphatic carbocycles. The van der Waals surface area contributed by atoms with Crippen LogP contribution in [0.15, 0.2) is 65.1 Å². The Balaban J connectivity index is 1.45. The first-order valence-electron chi connectivity index (χ1n) is 14.5. The SMILES string of the molecule is COc1ccc(-c2oc3c(c2CC(=O)NC(C)c2ccccc2)C(=O)C2(Oc4c(Cl)c(OC)cc(OC)c4C2=O)C(C)C3)cc1. The van der Waals surface area contributed by atoms with Crippen LogP contribution < -0.4 is 24.3 Å². The van der Waals surface area contributed by atoms with E-state index in [0.29, 0.717) is 28.4 Å². The Bertz CT molecular complexity index is 1810. The van der Waals surface area contributed by atoms with E-state index >= 15 is 0 Å². The second kappa shape index (κ2) is 11.6. The number of carbonyl (C=O) groups is 3. The van der Waals surface area contributed by atoms with Gasteiger partial charge in [0.1, 0.15) is 39.4 Å². The summed E-state index contributed by atoms with van der Waals surface area (Å²) in [5.74, 6) is -0.299. The highest BCUT2D eigenvalue weighted by atomic mass is 35.5. The summed E-state index contributed by atoms with van der Waals surface area (Å²) < 4.78 is 28.9. The number of fused-ring (bicyclic) bond motifs is 2. The van der Waals surface area contributed by atoms with E-state index in [2.05, 4.69) is 5.32 Å². The minimum Gasteiger partial charge on any atom is -0.497 e. The van der Waals surface area contributed by atoms with Gasteiger partial charge in [-0.15, -0.1) is 0 Å². The lowest BCUT2D eigenvalue weighted by atomic mass is 9.70. The maximum atomic E-state index is 14.7. The molecule has 0 saturated heterocycles. The van der Waals surface area contributed by atoms with Crippen molar-refractivity contribution in [1.29, 1.82) is 0 Å². The summed E-state index contributed by atoms with van der Waals surface area (Å²) in [6.07, 6.45) is 0.0235. The van der Waals surface area contributed by atoms with Crippen LogP contribution in [0.3, 0.4) is 0 Å². The molecule has 3 aromatic carbocycles. The maximum Gasteiger partial charge on any atom is 0.237 e. The van der Waals surface area contributed by atoms with Crippen molar-refractivity contribution in [1.82, 2.24) is 5.32 Å². The van der Waals surface area contributed by atoms with Gasteiger partial charge < -0.3 is 28.7 Å². The molecule has 1 N–H and O–H groups in total. The average molecular weight is 630 g/mol. The second-order valence-electron chi connectivity index (χ2n) is 11.2. The smallest absolute Gasteiger partial charge is 0.237 e. The van der Waals surface area contributed by atoms with Gasteiger partial charge in [0.05, 0.1) is 39.4 Å². The number of ketones is 2. The van der Waals surface area contributed by atoms with Crippen LogP contribution in [0.4, 0.5) is 0 Å². The quantitative estimate of drug-likeness (QED) is 0.222. The summed E-state index contributed by atoms with van der Waals surface area (Å²) in [6, 6.07) is 17.9. The minimum atomic E-state index is -1.94. The lowest BCUT2D eigenvalue weighted by Crippen LogP contribution is -2.56. The van der Waals surface area contributed by atoms with Crippen LogP contribution in [0.1, 0.15) is 57.5 Å². The molecule has 1 aromatic heterocycles. The molecule has 0 saturated carbocycles. The Morgan fingerprint density at radius 1 is 0.978 bits per heavy atom. The molecule has 9 nitrogen and oxygen atoms in total. The van der Waals surface area contributed by atoms with E-state index in [1.807, 2.05) is 37.3 Å². The predicted octanol–water partition coefficient (Wildman–Crippen LogP) is 6.43. The van der Waals surface area contributed by atoms with Crippen LogP contribution in [0, 0.1) is 5.92 Å². The highest BCUT2D eigenvalue weighted by Crippen LogP contribution is 2.54. The van der Waals surface area contributed by atoms with E-state index in [9.17, 15) is 14.4 Å². The molecular formula is C35H32ClNO8. The van der Waals surface area contributed by atoms with Gasteiger partial charge in [0.25, 0.3) is 0 Å². The number of amides is 1. The predicted molar refractivity (Wildman–Crippen MR) is 167 cm³/mol. The van der Waals surface area contributed by atoms with E-state index < -0.39 is 23.1 Å². The average Bonchev–Trinajstić information content (AvgIpc) is 3.56. The third-order valence-corrected chi connectivity index (χ3v) is 8.97. The number of Topliss-reactive ketones (excluding diaryl/α,β-unsaturated/α-hetero) is 2. The fourth-order valence-electron chi connectivity index (χ4n) is 6.25. The normalized spacial score (nSPS) is 19.0. The van der Waals surface area contributed by atoms with Gasteiger partial charge >= 0.3 is 0 Å². The highest BCUT2D eigenvalue weighted by molar-refractivity contribution is 6.36. The fraction of sp³-hybridized carbons (Fsp3) is 0.286. The molecule has 6 rings (SSSR count). The van der Waals surface area contributed by atoms with Crippen LogP contribution in [0.5, 0.6) is 23.0 Å². The van der Waals surface area contributed by atoms with Crippen LogP contribution in [0.2, 0.25) is 5.02 Å². The van der Waals surface area contributed by atoms with E-state index in [-0.39, 0.29) is 58.2 Å². The topological polar surface area (TPSA) is 113 Å². The van der Waals surface area contributed by atoms with Crippen LogP contribution >= 0.6 is 11.6 Å². The number of hydrogen-bond acceptors (Lipinski definition) is 8. The molecule has 1 amide bonds. The number of halogens is 1. The minimum absolute atomic E-state index is 0.0244. The van der Waals surface area contributed by atoms with Crippen LogP contribution in [0.25, 0.3) is 11.3 Å². The summed E-state index contributed by atoms with van der Waals surface area (Å²) >= 11 is 6.60. The number of methoxy groups -OCH3 is 3. The molecule has 3 atom stereocenters. The summed E-state index contributed by atoms with van der Waals surface area (Å²) in [6.45, 7) is 3.64. The van der Waals surface area contributed by atoms with E-state index in [0.717, 1.165) is 5.56 Å². The van der Waals surface area contributed by atoms with Gasteiger partial charge in [-0.2, -0.15) is 0 Å². The first kappa shape index (κ1) is 30.3. The Morgan fingerprint density at radius 2 is 1.64 bits per heavy atom. The number of nitrogens with one attached hydrogen (secondary N) is 1. The van der Waals surface area contributed by atoms with Crippen molar-refractivity contribution in [2.75, 3.05) is 21.3 Å². The van der Waals surface area contributed by atoms with Gasteiger partial charge in [-0.3, -0.25) is 14.4 Å². The molecule has 1 aliphatic heterocycles. The Morgan fingerprint density at radius 3 is 2.29 bits per heavy atom. The van der Waals surface area contributed by atoms with Gasteiger partial charge in [0.2, 0.25) is 23.1 Å².